The normalized spacial score (nSPS) is 27.9. The van der Waals surface area contributed by atoms with E-state index in [4.69, 9.17) is 16.2 Å². The van der Waals surface area contributed by atoms with Crippen molar-refractivity contribution in [3.05, 3.63) is 0 Å². The van der Waals surface area contributed by atoms with Gasteiger partial charge in [0, 0.05) is 18.5 Å². The summed E-state index contributed by atoms with van der Waals surface area (Å²) in [6.45, 7) is 2.49. The number of hydrogen-bond donors (Lipinski definition) is 3. The molecule has 4 N–H and O–H groups in total. The zero-order chi connectivity index (χ0) is 9.30. The lowest BCUT2D eigenvalue weighted by Gasteiger charge is -2.46. The van der Waals surface area contributed by atoms with Gasteiger partial charge in [-0.25, -0.2) is 0 Å². The molecule has 1 rings (SSSR count). The second kappa shape index (κ2) is 3.00. The van der Waals surface area contributed by atoms with Gasteiger partial charge in [0.25, 0.3) is 0 Å². The van der Waals surface area contributed by atoms with Crippen molar-refractivity contribution in [1.29, 1.82) is 5.41 Å². The van der Waals surface area contributed by atoms with Gasteiger partial charge >= 0.3 is 5.97 Å². The number of likely N-dealkylation sites (tertiary alicyclic amines) is 1. The third-order valence-electron chi connectivity index (χ3n) is 2.35. The van der Waals surface area contributed by atoms with Gasteiger partial charge in [0.05, 0.1) is 6.42 Å². The summed E-state index contributed by atoms with van der Waals surface area (Å²) in [7, 11) is 0. The zero-order valence-corrected chi connectivity index (χ0v) is 6.95. The Morgan fingerprint density at radius 3 is 2.75 bits per heavy atom. The van der Waals surface area contributed by atoms with Crippen LogP contribution in [0, 0.1) is 11.3 Å². The van der Waals surface area contributed by atoms with Crippen molar-refractivity contribution in [2.75, 3.05) is 6.54 Å². The molecule has 2 atom stereocenters. The Balaban J connectivity index is 2.38. The van der Waals surface area contributed by atoms with E-state index >= 15 is 0 Å². The summed E-state index contributed by atoms with van der Waals surface area (Å²) in [6, 6.07) is 0.0959. The van der Waals surface area contributed by atoms with Crippen molar-refractivity contribution in [3.8, 4) is 0 Å². The van der Waals surface area contributed by atoms with Crippen molar-refractivity contribution in [2.45, 2.75) is 19.4 Å². The maximum Gasteiger partial charge on any atom is 0.303 e. The van der Waals surface area contributed by atoms with Crippen LogP contribution in [0.4, 0.5) is 0 Å². The topological polar surface area (TPSA) is 90.4 Å². The second-order valence-electron chi connectivity index (χ2n) is 3.14. The first-order chi connectivity index (χ1) is 5.52. The van der Waals surface area contributed by atoms with Crippen LogP contribution >= 0.6 is 0 Å². The van der Waals surface area contributed by atoms with Crippen molar-refractivity contribution < 1.29 is 9.90 Å². The fourth-order valence-corrected chi connectivity index (χ4v) is 1.47. The largest absolute Gasteiger partial charge is 0.481 e. The highest BCUT2D eigenvalue weighted by atomic mass is 16.4. The van der Waals surface area contributed by atoms with E-state index in [0.29, 0.717) is 6.54 Å². The molecule has 0 saturated carbocycles. The Hall–Kier alpha value is -1.26. The van der Waals surface area contributed by atoms with Crippen molar-refractivity contribution in [1.82, 2.24) is 4.90 Å². The number of carbonyl (C=O) groups is 1. The highest BCUT2D eigenvalue weighted by Crippen LogP contribution is 2.26. The van der Waals surface area contributed by atoms with E-state index in [1.165, 1.54) is 0 Å². The number of nitrogens with zero attached hydrogens (tertiary/aromatic N) is 1. The number of rotatable bonds is 2. The Labute approximate surface area is 70.7 Å². The summed E-state index contributed by atoms with van der Waals surface area (Å²) in [6.07, 6.45) is 0.172. The lowest BCUT2D eigenvalue weighted by molar-refractivity contribution is -0.139. The molecule has 5 nitrogen and oxygen atoms in total. The van der Waals surface area contributed by atoms with Crippen LogP contribution in [0.25, 0.3) is 0 Å². The van der Waals surface area contributed by atoms with E-state index in [1.807, 2.05) is 6.92 Å². The first kappa shape index (κ1) is 8.83. The first-order valence-electron chi connectivity index (χ1n) is 3.85. The predicted octanol–water partition coefficient (Wildman–Crippen LogP) is -0.325. The quantitative estimate of drug-likeness (QED) is 0.392. The lowest BCUT2D eigenvalue weighted by atomic mass is 9.87. The second-order valence-corrected chi connectivity index (χ2v) is 3.14. The molecule has 1 aliphatic heterocycles. The van der Waals surface area contributed by atoms with Gasteiger partial charge < -0.3 is 15.7 Å². The number of aliphatic carboxylic acids is 1. The molecule has 0 unspecified atom stereocenters. The van der Waals surface area contributed by atoms with Crippen LogP contribution in [0.5, 0.6) is 0 Å². The highest BCUT2D eigenvalue weighted by Gasteiger charge is 2.37. The number of hydrogen-bond acceptors (Lipinski definition) is 2. The minimum atomic E-state index is -0.782. The van der Waals surface area contributed by atoms with E-state index in [2.05, 4.69) is 0 Å². The van der Waals surface area contributed by atoms with Crippen molar-refractivity contribution in [2.24, 2.45) is 11.7 Å². The molecule has 0 bridgehead atoms. The Morgan fingerprint density at radius 1 is 1.83 bits per heavy atom. The fourth-order valence-electron chi connectivity index (χ4n) is 1.47. The predicted molar refractivity (Wildman–Crippen MR) is 43.8 cm³/mol. The first-order valence-corrected chi connectivity index (χ1v) is 3.85. The third kappa shape index (κ3) is 1.49. The van der Waals surface area contributed by atoms with E-state index in [0.717, 1.165) is 0 Å². The molecular formula is C7H13N3O2. The van der Waals surface area contributed by atoms with Crippen molar-refractivity contribution in [3.63, 3.8) is 0 Å². The highest BCUT2D eigenvalue weighted by molar-refractivity contribution is 5.76. The molecule has 12 heavy (non-hydrogen) atoms. The summed E-state index contributed by atoms with van der Waals surface area (Å²) < 4.78 is 0. The van der Waals surface area contributed by atoms with Crippen LogP contribution in [0.3, 0.4) is 0 Å². The monoisotopic (exact) mass is 171 g/mol. The zero-order valence-electron chi connectivity index (χ0n) is 6.95. The van der Waals surface area contributed by atoms with Gasteiger partial charge in [0.1, 0.15) is 0 Å². The molecular weight excluding hydrogens is 158 g/mol. The molecule has 1 saturated heterocycles. The number of guanidine groups is 1. The number of carboxylic acid groups (broad SMARTS) is 1. The maximum atomic E-state index is 10.3. The summed E-state index contributed by atoms with van der Waals surface area (Å²) in [5.41, 5.74) is 5.24. The van der Waals surface area contributed by atoms with E-state index < -0.39 is 5.97 Å². The molecule has 5 heteroatoms. The number of nitrogens with two attached hydrogens (primary N) is 1. The lowest BCUT2D eigenvalue weighted by Crippen LogP contribution is -2.59. The van der Waals surface area contributed by atoms with Gasteiger partial charge in [-0.3, -0.25) is 10.2 Å². The van der Waals surface area contributed by atoms with Crippen molar-refractivity contribution >= 4 is 11.9 Å². The summed E-state index contributed by atoms with van der Waals surface area (Å²) >= 11 is 0. The van der Waals surface area contributed by atoms with Gasteiger partial charge in [-0.15, -0.1) is 0 Å². The maximum absolute atomic E-state index is 10.3. The molecule has 0 aromatic carbocycles. The molecule has 0 radical (unpaired) electrons. The molecule has 0 aromatic rings. The van der Waals surface area contributed by atoms with Gasteiger partial charge in [-0.1, -0.05) is 0 Å². The Morgan fingerprint density at radius 2 is 2.42 bits per heavy atom. The molecule has 1 aliphatic rings. The molecule has 0 aromatic heterocycles. The summed E-state index contributed by atoms with van der Waals surface area (Å²) in [4.78, 5) is 12.0. The summed E-state index contributed by atoms with van der Waals surface area (Å²) in [5.74, 6) is -0.606. The van der Waals surface area contributed by atoms with Crippen LogP contribution < -0.4 is 5.73 Å². The molecule has 68 valence electrons. The Kier molecular flexibility index (Phi) is 2.21. The average molecular weight is 171 g/mol. The van der Waals surface area contributed by atoms with Gasteiger partial charge in [0.15, 0.2) is 5.96 Å². The average Bonchev–Trinajstić information content (AvgIpc) is 1.95. The molecule has 1 heterocycles. The van der Waals surface area contributed by atoms with Crippen LogP contribution in [0.2, 0.25) is 0 Å². The fraction of sp³-hybridized carbons (Fsp3) is 0.714. The SMILES string of the molecule is C[C@H]1[C@@H](CC(=O)O)CN1C(=N)N. The third-order valence-corrected chi connectivity index (χ3v) is 2.35. The van der Waals surface area contributed by atoms with Crippen LogP contribution in [-0.2, 0) is 4.79 Å². The summed E-state index contributed by atoms with van der Waals surface area (Å²) in [5, 5.41) is 15.6. The van der Waals surface area contributed by atoms with E-state index in [-0.39, 0.29) is 24.3 Å². The molecule has 1 fully saturated rings. The minimum absolute atomic E-state index is 0.0316. The van der Waals surface area contributed by atoms with Crippen LogP contribution in [-0.4, -0.2) is 34.5 Å². The Bertz CT molecular complexity index is 217. The van der Waals surface area contributed by atoms with Crippen LogP contribution in [0.15, 0.2) is 0 Å². The smallest absolute Gasteiger partial charge is 0.303 e. The van der Waals surface area contributed by atoms with Gasteiger partial charge in [0.2, 0.25) is 0 Å². The molecule has 0 aliphatic carbocycles. The number of nitrogens with one attached hydrogen (secondary N) is 1. The molecule has 0 amide bonds. The minimum Gasteiger partial charge on any atom is -0.481 e. The van der Waals surface area contributed by atoms with Crippen LogP contribution in [0.1, 0.15) is 13.3 Å². The van der Waals surface area contributed by atoms with Gasteiger partial charge in [-0.2, -0.15) is 0 Å². The standard InChI is InChI=1S/C7H13N3O2/c1-4-5(2-6(11)12)3-10(4)7(8)9/h4-5H,2-3H2,1H3,(H3,8,9)(H,11,12)/t4-,5-/m0/s1. The van der Waals surface area contributed by atoms with E-state index in [1.54, 1.807) is 4.90 Å². The molecule has 0 spiro atoms. The van der Waals surface area contributed by atoms with E-state index in [9.17, 15) is 4.79 Å². The number of carboxylic acids is 1. The van der Waals surface area contributed by atoms with Gasteiger partial charge in [-0.05, 0) is 6.92 Å².